The molecule has 0 fully saturated rings. The Bertz CT molecular complexity index is 668. The van der Waals surface area contributed by atoms with Gasteiger partial charge in [0.1, 0.15) is 11.3 Å². The van der Waals surface area contributed by atoms with Crippen LogP contribution in [0.5, 0.6) is 5.75 Å². The van der Waals surface area contributed by atoms with Crippen molar-refractivity contribution in [3.63, 3.8) is 0 Å². The fourth-order valence-electron chi connectivity index (χ4n) is 1.46. The van der Waals surface area contributed by atoms with E-state index in [0.717, 1.165) is 12.1 Å². The van der Waals surface area contributed by atoms with Crippen LogP contribution in [0.2, 0.25) is 0 Å². The van der Waals surface area contributed by atoms with Crippen LogP contribution in [0.25, 0.3) is 0 Å². The van der Waals surface area contributed by atoms with Crippen LogP contribution >= 0.6 is 0 Å². The number of carbonyl (C=O) groups is 1. The lowest BCUT2D eigenvalue weighted by atomic mass is 10.1. The predicted molar refractivity (Wildman–Crippen MR) is 63.2 cm³/mol. The molecule has 0 aliphatic carbocycles. The molecule has 0 atom stereocenters. The number of aromatic carboxylic acids is 1. The first-order valence-electron chi connectivity index (χ1n) is 5.35. The topological polar surface area (TPSA) is 133 Å². The monoisotopic (exact) mass is 279 g/mol. The molecule has 0 saturated heterocycles. The third-order valence-electron chi connectivity index (χ3n) is 2.31. The molecule has 1 aromatic heterocycles. The SMILES string of the molecule is Cn1nnc(COc2ccc([N+](=O)[O-])c(C(=O)O)c2)n1. The number of nitro benzene ring substituents is 1. The summed E-state index contributed by atoms with van der Waals surface area (Å²) in [7, 11) is 1.59. The lowest BCUT2D eigenvalue weighted by molar-refractivity contribution is -0.385. The highest BCUT2D eigenvalue weighted by Gasteiger charge is 2.20. The zero-order chi connectivity index (χ0) is 14.7. The van der Waals surface area contributed by atoms with Crippen molar-refractivity contribution in [3.8, 4) is 5.75 Å². The first-order chi connectivity index (χ1) is 9.47. The molecule has 0 aliphatic rings. The van der Waals surface area contributed by atoms with Crippen molar-refractivity contribution in [2.24, 2.45) is 7.05 Å². The van der Waals surface area contributed by atoms with Crippen molar-refractivity contribution >= 4 is 11.7 Å². The van der Waals surface area contributed by atoms with Gasteiger partial charge >= 0.3 is 5.97 Å². The van der Waals surface area contributed by atoms with Gasteiger partial charge in [-0.1, -0.05) is 0 Å². The highest BCUT2D eigenvalue weighted by atomic mass is 16.6. The summed E-state index contributed by atoms with van der Waals surface area (Å²) < 4.78 is 5.27. The van der Waals surface area contributed by atoms with Gasteiger partial charge in [-0.05, 0) is 11.3 Å². The summed E-state index contributed by atoms with van der Waals surface area (Å²) >= 11 is 0. The molecule has 1 heterocycles. The second kappa shape index (κ2) is 5.30. The van der Waals surface area contributed by atoms with E-state index in [1.807, 2.05) is 0 Å². The minimum absolute atomic E-state index is 0.0231. The second-order valence-corrected chi connectivity index (χ2v) is 3.73. The Morgan fingerprint density at radius 1 is 1.55 bits per heavy atom. The summed E-state index contributed by atoms with van der Waals surface area (Å²) in [6, 6.07) is 3.46. The van der Waals surface area contributed by atoms with Crippen LogP contribution in [0.4, 0.5) is 5.69 Å². The smallest absolute Gasteiger partial charge is 0.342 e. The molecule has 10 nitrogen and oxygen atoms in total. The number of hydrogen-bond donors (Lipinski definition) is 1. The summed E-state index contributed by atoms with van der Waals surface area (Å²) in [5, 5.41) is 30.8. The number of aryl methyl sites for hydroxylation is 1. The second-order valence-electron chi connectivity index (χ2n) is 3.73. The van der Waals surface area contributed by atoms with Crippen LogP contribution in [0.15, 0.2) is 18.2 Å². The van der Waals surface area contributed by atoms with E-state index in [2.05, 4.69) is 15.4 Å². The quantitative estimate of drug-likeness (QED) is 0.613. The minimum Gasteiger partial charge on any atom is -0.485 e. The van der Waals surface area contributed by atoms with Crippen LogP contribution in [0.3, 0.4) is 0 Å². The normalized spacial score (nSPS) is 10.2. The van der Waals surface area contributed by atoms with Gasteiger partial charge < -0.3 is 9.84 Å². The number of ether oxygens (including phenoxy) is 1. The van der Waals surface area contributed by atoms with E-state index in [4.69, 9.17) is 9.84 Å². The van der Waals surface area contributed by atoms with Crippen LogP contribution < -0.4 is 4.74 Å². The first-order valence-corrected chi connectivity index (χ1v) is 5.35. The van der Waals surface area contributed by atoms with Gasteiger partial charge in [0, 0.05) is 12.1 Å². The summed E-state index contributed by atoms with van der Waals surface area (Å²) in [6.07, 6.45) is 0. The van der Waals surface area contributed by atoms with Gasteiger partial charge in [-0.15, -0.1) is 10.2 Å². The fraction of sp³-hybridized carbons (Fsp3) is 0.200. The number of nitro groups is 1. The van der Waals surface area contributed by atoms with Gasteiger partial charge in [-0.25, -0.2) is 4.79 Å². The van der Waals surface area contributed by atoms with Crippen LogP contribution in [0.1, 0.15) is 16.2 Å². The predicted octanol–water partition coefficient (Wildman–Crippen LogP) is 0.395. The summed E-state index contributed by atoms with van der Waals surface area (Å²) in [5.41, 5.74) is -0.943. The van der Waals surface area contributed by atoms with E-state index in [1.165, 1.54) is 10.9 Å². The third-order valence-corrected chi connectivity index (χ3v) is 2.31. The van der Waals surface area contributed by atoms with Crippen molar-refractivity contribution in [2.45, 2.75) is 6.61 Å². The van der Waals surface area contributed by atoms with E-state index >= 15 is 0 Å². The van der Waals surface area contributed by atoms with E-state index in [1.54, 1.807) is 7.05 Å². The van der Waals surface area contributed by atoms with Crippen LogP contribution in [-0.2, 0) is 13.7 Å². The molecule has 0 radical (unpaired) electrons. The zero-order valence-electron chi connectivity index (χ0n) is 10.3. The Morgan fingerprint density at radius 3 is 2.85 bits per heavy atom. The van der Waals surface area contributed by atoms with Crippen molar-refractivity contribution in [3.05, 3.63) is 39.7 Å². The maximum Gasteiger partial charge on any atom is 0.342 e. The van der Waals surface area contributed by atoms with Gasteiger partial charge in [0.15, 0.2) is 6.61 Å². The lowest BCUT2D eigenvalue weighted by Crippen LogP contribution is -2.04. The van der Waals surface area contributed by atoms with Crippen molar-refractivity contribution in [2.75, 3.05) is 0 Å². The molecule has 0 bridgehead atoms. The van der Waals surface area contributed by atoms with Gasteiger partial charge in [0.05, 0.1) is 12.0 Å². The zero-order valence-corrected chi connectivity index (χ0v) is 10.3. The van der Waals surface area contributed by atoms with Crippen molar-refractivity contribution in [1.29, 1.82) is 0 Å². The summed E-state index contributed by atoms with van der Waals surface area (Å²) in [6.45, 7) is -0.0231. The highest BCUT2D eigenvalue weighted by molar-refractivity contribution is 5.92. The van der Waals surface area contributed by atoms with Gasteiger partial charge in [0.25, 0.3) is 5.69 Å². The number of nitrogens with zero attached hydrogens (tertiary/aromatic N) is 5. The van der Waals surface area contributed by atoms with Crippen LogP contribution in [0, 0.1) is 10.1 Å². The van der Waals surface area contributed by atoms with E-state index in [9.17, 15) is 14.9 Å². The maximum atomic E-state index is 11.0. The molecule has 0 spiro atoms. The van der Waals surface area contributed by atoms with Gasteiger partial charge in [-0.2, -0.15) is 4.80 Å². The molecule has 20 heavy (non-hydrogen) atoms. The van der Waals surface area contributed by atoms with Crippen LogP contribution in [-0.4, -0.2) is 36.2 Å². The molecule has 104 valence electrons. The molecule has 0 amide bonds. The molecule has 2 aromatic rings. The number of aromatic nitrogens is 4. The Balaban J connectivity index is 2.18. The lowest BCUT2D eigenvalue weighted by Gasteiger charge is -2.04. The molecule has 0 unspecified atom stereocenters. The van der Waals surface area contributed by atoms with Gasteiger partial charge in [-0.3, -0.25) is 10.1 Å². The molecule has 1 N–H and O–H groups in total. The number of benzene rings is 1. The largest absolute Gasteiger partial charge is 0.485 e. The third kappa shape index (κ3) is 2.85. The Kier molecular flexibility index (Phi) is 3.55. The highest BCUT2D eigenvalue weighted by Crippen LogP contribution is 2.24. The molecule has 0 aliphatic heterocycles. The van der Waals surface area contributed by atoms with E-state index in [0.29, 0.717) is 5.82 Å². The molecule has 1 aromatic carbocycles. The molecule has 2 rings (SSSR count). The number of rotatable bonds is 5. The fourth-order valence-corrected chi connectivity index (χ4v) is 1.46. The minimum atomic E-state index is -1.40. The van der Waals surface area contributed by atoms with Crippen molar-refractivity contribution < 1.29 is 19.6 Å². The molecular weight excluding hydrogens is 270 g/mol. The summed E-state index contributed by atoms with van der Waals surface area (Å²) in [4.78, 5) is 22.1. The molecular formula is C10H9N5O5. The van der Waals surface area contributed by atoms with E-state index < -0.39 is 22.1 Å². The standard InChI is InChI=1S/C10H9N5O5/c1-14-12-9(11-13-14)5-20-6-2-3-8(15(18)19)7(4-6)10(16)17/h2-4H,5H2,1H3,(H,16,17). The number of carboxylic acids is 1. The van der Waals surface area contributed by atoms with E-state index in [-0.39, 0.29) is 12.4 Å². The summed E-state index contributed by atoms with van der Waals surface area (Å²) in [5.74, 6) is -0.928. The maximum absolute atomic E-state index is 11.0. The first kappa shape index (κ1) is 13.4. The number of hydrogen-bond acceptors (Lipinski definition) is 7. The average molecular weight is 279 g/mol. The van der Waals surface area contributed by atoms with Gasteiger partial charge in [0.2, 0.25) is 5.82 Å². The average Bonchev–Trinajstić information content (AvgIpc) is 2.81. The number of carboxylic acid groups (broad SMARTS) is 1. The Hall–Kier alpha value is -3.04. The van der Waals surface area contributed by atoms with Crippen molar-refractivity contribution in [1.82, 2.24) is 20.2 Å². The number of tetrazole rings is 1. The Morgan fingerprint density at radius 2 is 2.30 bits per heavy atom. The molecule has 0 saturated carbocycles. The Labute approximate surface area is 111 Å². The molecule has 10 heteroatoms.